The highest BCUT2D eigenvalue weighted by atomic mass is 32.1. The van der Waals surface area contributed by atoms with E-state index in [-0.39, 0.29) is 17.7 Å². The van der Waals surface area contributed by atoms with E-state index in [1.54, 1.807) is 11.6 Å². The molecule has 1 aliphatic heterocycles. The van der Waals surface area contributed by atoms with Crippen LogP contribution in [0.25, 0.3) is 10.6 Å². The normalized spacial score (nSPS) is 16.2. The molecule has 0 radical (unpaired) electrons. The number of primary amides is 1. The minimum atomic E-state index is -0.271. The summed E-state index contributed by atoms with van der Waals surface area (Å²) in [6, 6.07) is 11.9. The van der Waals surface area contributed by atoms with Crippen LogP contribution in [-0.4, -0.2) is 34.9 Å². The van der Waals surface area contributed by atoms with Crippen molar-refractivity contribution in [3.63, 3.8) is 0 Å². The molecule has 0 saturated carbocycles. The zero-order valence-electron chi connectivity index (χ0n) is 18.2. The number of carbonyl (C=O) groups excluding carboxylic acids is 2. The number of anilines is 2. The number of carbonyl (C=O) groups is 2. The highest BCUT2D eigenvalue weighted by Gasteiger charge is 2.24. The third kappa shape index (κ3) is 4.96. The van der Waals surface area contributed by atoms with E-state index in [2.05, 4.69) is 46.2 Å². The molecule has 166 valence electrons. The van der Waals surface area contributed by atoms with Gasteiger partial charge >= 0.3 is 0 Å². The van der Waals surface area contributed by atoms with Crippen LogP contribution in [0.5, 0.6) is 0 Å². The van der Waals surface area contributed by atoms with Crippen molar-refractivity contribution in [3.8, 4) is 10.6 Å². The molecule has 7 nitrogen and oxygen atoms in total. The van der Waals surface area contributed by atoms with Crippen LogP contribution < -0.4 is 16.0 Å². The zero-order valence-corrected chi connectivity index (χ0v) is 19.1. The van der Waals surface area contributed by atoms with Crippen LogP contribution in [0, 0.1) is 5.92 Å². The second-order valence-electron chi connectivity index (χ2n) is 8.36. The van der Waals surface area contributed by atoms with E-state index in [9.17, 15) is 9.59 Å². The number of piperidine rings is 1. The Hall–Kier alpha value is -3.26. The molecule has 2 aromatic heterocycles. The average Bonchev–Trinajstić information content (AvgIpc) is 3.30. The van der Waals surface area contributed by atoms with Gasteiger partial charge < -0.3 is 16.0 Å². The van der Waals surface area contributed by atoms with Gasteiger partial charge in [-0.2, -0.15) is 0 Å². The molecule has 3 heterocycles. The fourth-order valence-corrected chi connectivity index (χ4v) is 4.59. The van der Waals surface area contributed by atoms with Crippen molar-refractivity contribution in [1.82, 2.24) is 9.97 Å². The Morgan fingerprint density at radius 2 is 1.97 bits per heavy atom. The van der Waals surface area contributed by atoms with E-state index in [0.717, 1.165) is 35.8 Å². The van der Waals surface area contributed by atoms with E-state index >= 15 is 0 Å². The lowest BCUT2D eigenvalue weighted by Gasteiger charge is -2.32. The van der Waals surface area contributed by atoms with Gasteiger partial charge in [-0.25, -0.2) is 9.97 Å². The standard InChI is InChI=1S/C24H27N5O2S/c1-15(2)16-5-7-17(8-6-16)24-28-20(14-32-24)23(31)27-19-9-10-21(26-12-19)29-11-3-4-18(13-29)22(25)30/h5-10,12,14-15,18H,3-4,11,13H2,1-2H3,(H2,25,30)(H,27,31). The van der Waals surface area contributed by atoms with Crippen molar-refractivity contribution in [2.75, 3.05) is 23.3 Å². The largest absolute Gasteiger partial charge is 0.369 e. The van der Waals surface area contributed by atoms with Gasteiger partial charge in [-0.3, -0.25) is 9.59 Å². The van der Waals surface area contributed by atoms with Crippen LogP contribution in [0.3, 0.4) is 0 Å². The Morgan fingerprint density at radius 1 is 1.19 bits per heavy atom. The number of hydrogen-bond donors (Lipinski definition) is 2. The number of thiazole rings is 1. The summed E-state index contributed by atoms with van der Waals surface area (Å²) < 4.78 is 0. The lowest BCUT2D eigenvalue weighted by Crippen LogP contribution is -2.41. The number of nitrogens with one attached hydrogen (secondary N) is 1. The molecule has 32 heavy (non-hydrogen) atoms. The minimum absolute atomic E-state index is 0.148. The topological polar surface area (TPSA) is 101 Å². The van der Waals surface area contributed by atoms with Gasteiger partial charge in [0.15, 0.2) is 0 Å². The summed E-state index contributed by atoms with van der Waals surface area (Å²) in [7, 11) is 0. The lowest BCUT2D eigenvalue weighted by atomic mass is 9.97. The predicted octanol–water partition coefficient (Wildman–Crippen LogP) is 4.28. The first-order valence-corrected chi connectivity index (χ1v) is 11.7. The Labute approximate surface area is 191 Å². The number of rotatable bonds is 6. The summed E-state index contributed by atoms with van der Waals surface area (Å²) in [5.41, 5.74) is 8.71. The maximum atomic E-state index is 12.7. The van der Waals surface area contributed by atoms with Crippen molar-refractivity contribution < 1.29 is 9.59 Å². The maximum absolute atomic E-state index is 12.7. The molecule has 2 amide bonds. The maximum Gasteiger partial charge on any atom is 0.275 e. The third-order valence-corrected chi connectivity index (χ3v) is 6.61. The molecule has 1 aliphatic rings. The summed E-state index contributed by atoms with van der Waals surface area (Å²) >= 11 is 1.45. The highest BCUT2D eigenvalue weighted by Crippen LogP contribution is 2.27. The monoisotopic (exact) mass is 449 g/mol. The second-order valence-corrected chi connectivity index (χ2v) is 9.22. The molecule has 3 aromatic rings. The zero-order chi connectivity index (χ0) is 22.7. The van der Waals surface area contributed by atoms with Gasteiger partial charge in [0, 0.05) is 24.0 Å². The Kier molecular flexibility index (Phi) is 6.50. The summed E-state index contributed by atoms with van der Waals surface area (Å²) in [5, 5.41) is 5.43. The smallest absolute Gasteiger partial charge is 0.275 e. The van der Waals surface area contributed by atoms with Gasteiger partial charge in [-0.1, -0.05) is 38.1 Å². The molecule has 1 saturated heterocycles. The molecule has 1 atom stereocenters. The third-order valence-electron chi connectivity index (χ3n) is 5.71. The van der Waals surface area contributed by atoms with E-state index in [0.29, 0.717) is 23.8 Å². The molecule has 1 unspecified atom stereocenters. The number of pyridine rings is 1. The molecular weight excluding hydrogens is 422 g/mol. The number of amides is 2. The fraction of sp³-hybridized carbons (Fsp3) is 0.333. The molecule has 0 aliphatic carbocycles. The number of nitrogens with zero attached hydrogens (tertiary/aromatic N) is 3. The highest BCUT2D eigenvalue weighted by molar-refractivity contribution is 7.13. The van der Waals surface area contributed by atoms with Crippen molar-refractivity contribution in [3.05, 3.63) is 59.2 Å². The average molecular weight is 450 g/mol. The van der Waals surface area contributed by atoms with E-state index in [1.165, 1.54) is 16.9 Å². The molecule has 1 fully saturated rings. The summed E-state index contributed by atoms with van der Waals surface area (Å²) in [4.78, 5) is 35.2. The van der Waals surface area contributed by atoms with Crippen LogP contribution in [0.4, 0.5) is 11.5 Å². The van der Waals surface area contributed by atoms with Crippen molar-refractivity contribution >= 4 is 34.7 Å². The number of nitrogens with two attached hydrogens (primary N) is 1. The van der Waals surface area contributed by atoms with Crippen LogP contribution >= 0.6 is 11.3 Å². The Balaban J connectivity index is 1.39. The Bertz CT molecular complexity index is 1090. The SMILES string of the molecule is CC(C)c1ccc(-c2nc(C(=O)Nc3ccc(N4CCCC(C(N)=O)C4)nc3)cs2)cc1. The van der Waals surface area contributed by atoms with Crippen molar-refractivity contribution in [2.45, 2.75) is 32.6 Å². The molecule has 1 aromatic carbocycles. The summed E-state index contributed by atoms with van der Waals surface area (Å²) in [6.07, 6.45) is 3.34. The van der Waals surface area contributed by atoms with Gasteiger partial charge in [0.05, 0.1) is 17.8 Å². The van der Waals surface area contributed by atoms with Crippen molar-refractivity contribution in [2.24, 2.45) is 11.7 Å². The van der Waals surface area contributed by atoms with Crippen LogP contribution in [0.15, 0.2) is 48.0 Å². The van der Waals surface area contributed by atoms with Crippen LogP contribution in [0.2, 0.25) is 0 Å². The van der Waals surface area contributed by atoms with Gasteiger partial charge in [-0.05, 0) is 36.5 Å². The molecule has 3 N–H and O–H groups in total. The fourth-order valence-electron chi connectivity index (χ4n) is 3.78. The lowest BCUT2D eigenvalue weighted by molar-refractivity contribution is -0.122. The van der Waals surface area contributed by atoms with Crippen molar-refractivity contribution in [1.29, 1.82) is 0 Å². The number of hydrogen-bond acceptors (Lipinski definition) is 6. The second kappa shape index (κ2) is 9.48. The number of benzene rings is 1. The number of aromatic nitrogens is 2. The first-order valence-electron chi connectivity index (χ1n) is 10.8. The first kappa shape index (κ1) is 22.0. The van der Waals surface area contributed by atoms with E-state index < -0.39 is 0 Å². The van der Waals surface area contributed by atoms with Gasteiger partial charge in [0.25, 0.3) is 5.91 Å². The summed E-state index contributed by atoms with van der Waals surface area (Å²) in [6.45, 7) is 5.73. The molecule has 8 heteroatoms. The Morgan fingerprint density at radius 3 is 2.62 bits per heavy atom. The van der Waals surface area contributed by atoms with Crippen LogP contribution in [-0.2, 0) is 4.79 Å². The molecule has 0 spiro atoms. The van der Waals surface area contributed by atoms with Crippen LogP contribution in [0.1, 0.15) is 48.7 Å². The van der Waals surface area contributed by atoms with Gasteiger partial charge in [0.1, 0.15) is 16.5 Å². The van der Waals surface area contributed by atoms with Gasteiger partial charge in [-0.15, -0.1) is 11.3 Å². The minimum Gasteiger partial charge on any atom is -0.369 e. The first-order chi connectivity index (χ1) is 15.4. The predicted molar refractivity (Wildman–Crippen MR) is 128 cm³/mol. The van der Waals surface area contributed by atoms with Gasteiger partial charge in [0.2, 0.25) is 5.91 Å². The molecule has 4 rings (SSSR count). The van der Waals surface area contributed by atoms with E-state index in [4.69, 9.17) is 5.73 Å². The summed E-state index contributed by atoms with van der Waals surface area (Å²) in [5.74, 6) is 0.561. The quantitative estimate of drug-likeness (QED) is 0.585. The molecule has 0 bridgehead atoms. The molecular formula is C24H27N5O2S. The van der Waals surface area contributed by atoms with E-state index in [1.807, 2.05) is 24.3 Å².